The summed E-state index contributed by atoms with van der Waals surface area (Å²) in [6.07, 6.45) is 0.307. The van der Waals surface area contributed by atoms with Crippen molar-refractivity contribution in [2.24, 2.45) is 0 Å². The van der Waals surface area contributed by atoms with E-state index < -0.39 is 0 Å². The summed E-state index contributed by atoms with van der Waals surface area (Å²) in [4.78, 5) is 12.0. The van der Waals surface area contributed by atoms with Gasteiger partial charge in [0.15, 0.2) is 0 Å². The lowest BCUT2D eigenvalue weighted by molar-refractivity contribution is -0.115. The van der Waals surface area contributed by atoms with Gasteiger partial charge in [0.05, 0.1) is 6.42 Å². The lowest BCUT2D eigenvalue weighted by Gasteiger charge is -2.09. The summed E-state index contributed by atoms with van der Waals surface area (Å²) >= 11 is 3.42. The molecule has 3 nitrogen and oxygen atoms in total. The Morgan fingerprint density at radius 1 is 1.26 bits per heavy atom. The number of nitrogens with one attached hydrogen (secondary N) is 1. The van der Waals surface area contributed by atoms with Crippen molar-refractivity contribution in [3.8, 4) is 5.75 Å². The van der Waals surface area contributed by atoms with Gasteiger partial charge < -0.3 is 10.4 Å². The van der Waals surface area contributed by atoms with Gasteiger partial charge in [-0.2, -0.15) is 0 Å². The number of aryl methyl sites for hydroxylation is 1. The average molecular weight is 320 g/mol. The van der Waals surface area contributed by atoms with Crippen molar-refractivity contribution in [2.75, 3.05) is 5.32 Å². The van der Waals surface area contributed by atoms with E-state index >= 15 is 0 Å². The maximum absolute atomic E-state index is 12.0. The molecule has 2 aromatic rings. The minimum absolute atomic E-state index is 0.0827. The number of rotatable bonds is 3. The lowest BCUT2D eigenvalue weighted by Crippen LogP contribution is -2.15. The van der Waals surface area contributed by atoms with Crippen LogP contribution in [0.2, 0.25) is 0 Å². The Morgan fingerprint density at radius 3 is 2.68 bits per heavy atom. The highest BCUT2D eigenvalue weighted by Crippen LogP contribution is 2.21. The fourth-order valence-corrected chi connectivity index (χ4v) is 2.22. The number of phenols is 1. The van der Waals surface area contributed by atoms with Gasteiger partial charge in [-0.3, -0.25) is 4.79 Å². The number of carbonyl (C=O) groups excluding carboxylic acids is 1. The standard InChI is InChI=1S/C15H14BrNO2/c1-10-8-12(18)6-7-14(10)17-15(19)9-11-4-2-3-5-13(11)16/h2-8,18H,9H2,1H3,(H,17,19). The molecule has 0 saturated carbocycles. The lowest BCUT2D eigenvalue weighted by atomic mass is 10.1. The Hall–Kier alpha value is -1.81. The van der Waals surface area contributed by atoms with Crippen molar-refractivity contribution in [3.05, 3.63) is 58.1 Å². The highest BCUT2D eigenvalue weighted by Gasteiger charge is 2.08. The molecule has 0 unspecified atom stereocenters. The van der Waals surface area contributed by atoms with E-state index in [0.717, 1.165) is 21.3 Å². The number of anilines is 1. The molecule has 0 spiro atoms. The molecule has 0 aliphatic heterocycles. The number of amides is 1. The van der Waals surface area contributed by atoms with Crippen LogP contribution in [-0.2, 0) is 11.2 Å². The normalized spacial score (nSPS) is 10.2. The van der Waals surface area contributed by atoms with Crippen LogP contribution in [0.4, 0.5) is 5.69 Å². The molecule has 1 amide bonds. The molecule has 2 aromatic carbocycles. The van der Waals surface area contributed by atoms with Crippen molar-refractivity contribution in [1.29, 1.82) is 0 Å². The SMILES string of the molecule is Cc1cc(O)ccc1NC(=O)Cc1ccccc1Br. The second-order valence-corrected chi connectivity index (χ2v) is 5.17. The monoisotopic (exact) mass is 319 g/mol. The number of carbonyl (C=O) groups is 1. The molecule has 0 saturated heterocycles. The van der Waals surface area contributed by atoms with Crippen molar-refractivity contribution in [3.63, 3.8) is 0 Å². The maximum atomic E-state index is 12.0. The third-order valence-electron chi connectivity index (χ3n) is 2.79. The molecule has 2 rings (SSSR count). The number of aromatic hydroxyl groups is 1. The molecule has 0 heterocycles. The van der Waals surface area contributed by atoms with Crippen LogP contribution >= 0.6 is 15.9 Å². The van der Waals surface area contributed by atoms with Gasteiger partial charge in [0, 0.05) is 10.2 Å². The highest BCUT2D eigenvalue weighted by molar-refractivity contribution is 9.10. The van der Waals surface area contributed by atoms with Crippen LogP contribution in [0.15, 0.2) is 46.9 Å². The summed E-state index contributed by atoms with van der Waals surface area (Å²) < 4.78 is 0.924. The topological polar surface area (TPSA) is 49.3 Å². The molecule has 0 bridgehead atoms. The maximum Gasteiger partial charge on any atom is 0.228 e. The minimum atomic E-state index is -0.0827. The van der Waals surface area contributed by atoms with Gasteiger partial charge in [-0.1, -0.05) is 34.1 Å². The molecule has 0 aliphatic rings. The fraction of sp³-hybridized carbons (Fsp3) is 0.133. The van der Waals surface area contributed by atoms with E-state index in [-0.39, 0.29) is 11.7 Å². The fourth-order valence-electron chi connectivity index (χ4n) is 1.80. The molecule has 0 atom stereocenters. The van der Waals surface area contributed by atoms with Crippen LogP contribution in [0.3, 0.4) is 0 Å². The van der Waals surface area contributed by atoms with Crippen molar-refractivity contribution >= 4 is 27.5 Å². The third kappa shape index (κ3) is 3.58. The molecule has 0 aliphatic carbocycles. The number of hydrogen-bond acceptors (Lipinski definition) is 2. The molecular formula is C15H14BrNO2. The van der Waals surface area contributed by atoms with Crippen LogP contribution in [0.25, 0.3) is 0 Å². The van der Waals surface area contributed by atoms with Crippen molar-refractivity contribution in [1.82, 2.24) is 0 Å². The largest absolute Gasteiger partial charge is 0.508 e. The van der Waals surface area contributed by atoms with Gasteiger partial charge in [-0.15, -0.1) is 0 Å². The number of phenolic OH excluding ortho intramolecular Hbond substituents is 1. The van der Waals surface area contributed by atoms with Gasteiger partial charge in [0.1, 0.15) is 5.75 Å². The van der Waals surface area contributed by atoms with Crippen LogP contribution in [0.1, 0.15) is 11.1 Å². The summed E-state index contributed by atoms with van der Waals surface area (Å²) in [6.45, 7) is 1.84. The summed E-state index contributed by atoms with van der Waals surface area (Å²) in [5.41, 5.74) is 2.49. The van der Waals surface area contributed by atoms with E-state index in [1.54, 1.807) is 18.2 Å². The zero-order valence-corrected chi connectivity index (χ0v) is 12.1. The molecule has 98 valence electrons. The van der Waals surface area contributed by atoms with Gasteiger partial charge in [-0.25, -0.2) is 0 Å². The quantitative estimate of drug-likeness (QED) is 0.848. The summed E-state index contributed by atoms with van der Waals surface area (Å²) in [5, 5.41) is 12.2. The van der Waals surface area contributed by atoms with E-state index in [1.807, 2.05) is 31.2 Å². The van der Waals surface area contributed by atoms with Gasteiger partial charge >= 0.3 is 0 Å². The Labute approximate surface area is 120 Å². The predicted octanol–water partition coefficient (Wildman–Crippen LogP) is 3.64. The molecule has 19 heavy (non-hydrogen) atoms. The van der Waals surface area contributed by atoms with E-state index in [4.69, 9.17) is 0 Å². The second kappa shape index (κ2) is 5.89. The molecule has 0 fully saturated rings. The van der Waals surface area contributed by atoms with Gasteiger partial charge in [0.25, 0.3) is 0 Å². The predicted molar refractivity (Wildman–Crippen MR) is 79.3 cm³/mol. The van der Waals surface area contributed by atoms with Crippen molar-refractivity contribution < 1.29 is 9.90 Å². The number of benzene rings is 2. The molecule has 4 heteroatoms. The summed E-state index contributed by atoms with van der Waals surface area (Å²) in [6, 6.07) is 12.5. The number of hydrogen-bond donors (Lipinski definition) is 2. The van der Waals surface area contributed by atoms with Gasteiger partial charge in [-0.05, 0) is 42.3 Å². The molecule has 2 N–H and O–H groups in total. The van der Waals surface area contributed by atoms with Crippen LogP contribution in [-0.4, -0.2) is 11.0 Å². The molecule has 0 aromatic heterocycles. The smallest absolute Gasteiger partial charge is 0.228 e. The third-order valence-corrected chi connectivity index (χ3v) is 3.57. The zero-order chi connectivity index (χ0) is 13.8. The molecule has 0 radical (unpaired) electrons. The highest BCUT2D eigenvalue weighted by atomic mass is 79.9. The second-order valence-electron chi connectivity index (χ2n) is 4.32. The first-order valence-corrected chi connectivity index (χ1v) is 6.68. The van der Waals surface area contributed by atoms with Crippen LogP contribution in [0.5, 0.6) is 5.75 Å². The van der Waals surface area contributed by atoms with Crippen LogP contribution < -0.4 is 5.32 Å². The van der Waals surface area contributed by atoms with E-state index in [9.17, 15) is 9.90 Å². The van der Waals surface area contributed by atoms with E-state index in [2.05, 4.69) is 21.2 Å². The van der Waals surface area contributed by atoms with Crippen LogP contribution in [0, 0.1) is 6.92 Å². The molecular weight excluding hydrogens is 306 g/mol. The Kier molecular flexibility index (Phi) is 4.22. The van der Waals surface area contributed by atoms with Crippen molar-refractivity contribution in [2.45, 2.75) is 13.3 Å². The minimum Gasteiger partial charge on any atom is -0.508 e. The first-order valence-electron chi connectivity index (χ1n) is 5.89. The zero-order valence-electron chi connectivity index (χ0n) is 10.5. The summed E-state index contributed by atoms with van der Waals surface area (Å²) in [5.74, 6) is 0.113. The van der Waals surface area contributed by atoms with E-state index in [1.165, 1.54) is 0 Å². The number of halogens is 1. The average Bonchev–Trinajstić information content (AvgIpc) is 2.36. The Balaban J connectivity index is 2.08. The summed E-state index contributed by atoms with van der Waals surface area (Å²) in [7, 11) is 0. The first-order chi connectivity index (χ1) is 9.06. The Morgan fingerprint density at radius 2 is 2.00 bits per heavy atom. The van der Waals surface area contributed by atoms with Gasteiger partial charge in [0.2, 0.25) is 5.91 Å². The van der Waals surface area contributed by atoms with E-state index in [0.29, 0.717) is 6.42 Å². The first kappa shape index (κ1) is 13.6. The Bertz CT molecular complexity index is 611.